The number of carbonyl (C=O) groups excluding carboxylic acids is 1. The van der Waals surface area contributed by atoms with E-state index >= 15 is 0 Å². The molecule has 5 rings (SSSR count). The lowest BCUT2D eigenvalue weighted by atomic mass is 9.96. The maximum absolute atomic E-state index is 12.9. The summed E-state index contributed by atoms with van der Waals surface area (Å²) in [7, 11) is 3.27. The first-order chi connectivity index (χ1) is 17.5. The monoisotopic (exact) mass is 478 g/mol. The van der Waals surface area contributed by atoms with E-state index in [2.05, 4.69) is 10.3 Å². The molecular weight excluding hydrogens is 452 g/mol. The number of anilines is 1. The zero-order valence-electron chi connectivity index (χ0n) is 20.6. The number of amides is 1. The predicted octanol–water partition coefficient (Wildman–Crippen LogP) is 7.02. The number of furan rings is 1. The van der Waals surface area contributed by atoms with E-state index < -0.39 is 0 Å². The Balaban J connectivity index is 1.51. The molecule has 0 spiro atoms. The normalized spacial score (nSPS) is 11.6. The highest BCUT2D eigenvalue weighted by atomic mass is 16.5. The number of aromatic nitrogens is 1. The molecule has 2 heterocycles. The Hall–Kier alpha value is -4.58. The second-order valence-corrected chi connectivity index (χ2v) is 8.56. The first-order valence-electron chi connectivity index (χ1n) is 11.6. The van der Waals surface area contributed by atoms with Crippen LogP contribution in [-0.2, 0) is 4.79 Å². The van der Waals surface area contributed by atoms with Crippen molar-refractivity contribution in [1.82, 2.24) is 4.98 Å². The van der Waals surface area contributed by atoms with Crippen LogP contribution in [0.3, 0.4) is 0 Å². The minimum absolute atomic E-state index is 0.224. The number of benzene rings is 3. The van der Waals surface area contributed by atoms with Crippen LogP contribution in [0.1, 0.15) is 18.1 Å². The van der Waals surface area contributed by atoms with E-state index in [-0.39, 0.29) is 5.91 Å². The van der Waals surface area contributed by atoms with Crippen LogP contribution in [0.25, 0.3) is 38.6 Å². The minimum atomic E-state index is -0.224. The van der Waals surface area contributed by atoms with Crippen molar-refractivity contribution in [2.45, 2.75) is 13.8 Å². The number of nitrogens with zero attached hydrogens (tertiary/aromatic N) is 1. The lowest BCUT2D eigenvalue weighted by Crippen LogP contribution is -2.08. The number of hydrogen-bond acceptors (Lipinski definition) is 5. The number of allylic oxidation sites excluding steroid dienone is 1. The summed E-state index contributed by atoms with van der Waals surface area (Å²) in [6.07, 6.45) is 5.09. The molecule has 6 heteroatoms. The van der Waals surface area contributed by atoms with Crippen molar-refractivity contribution in [2.75, 3.05) is 19.5 Å². The fraction of sp³-hybridized carbons (Fsp3) is 0.133. The topological polar surface area (TPSA) is 73.6 Å². The third kappa shape index (κ3) is 4.29. The lowest BCUT2D eigenvalue weighted by Gasteiger charge is -2.13. The van der Waals surface area contributed by atoms with Gasteiger partial charge < -0.3 is 19.2 Å². The van der Waals surface area contributed by atoms with E-state index in [9.17, 15) is 4.79 Å². The summed E-state index contributed by atoms with van der Waals surface area (Å²) in [5.41, 5.74) is 6.79. The minimum Gasteiger partial charge on any atom is -0.497 e. The van der Waals surface area contributed by atoms with Crippen molar-refractivity contribution in [3.05, 3.63) is 90.3 Å². The van der Waals surface area contributed by atoms with Gasteiger partial charge >= 0.3 is 0 Å². The van der Waals surface area contributed by atoms with Gasteiger partial charge in [0.25, 0.3) is 0 Å². The molecule has 0 saturated heterocycles. The molecule has 6 nitrogen and oxygen atoms in total. The maximum Gasteiger partial charge on any atom is 0.248 e. The van der Waals surface area contributed by atoms with E-state index in [4.69, 9.17) is 13.9 Å². The fourth-order valence-corrected chi connectivity index (χ4v) is 4.47. The molecule has 0 fully saturated rings. The number of nitrogens with one attached hydrogen (secondary N) is 1. The highest BCUT2D eigenvalue weighted by molar-refractivity contribution is 6.06. The molecule has 0 radical (unpaired) electrons. The number of pyridine rings is 1. The fourth-order valence-electron chi connectivity index (χ4n) is 4.47. The van der Waals surface area contributed by atoms with Crippen molar-refractivity contribution in [3.63, 3.8) is 0 Å². The number of carbonyl (C=O) groups is 1. The van der Waals surface area contributed by atoms with Gasteiger partial charge in [-0.25, -0.2) is 0 Å². The van der Waals surface area contributed by atoms with Gasteiger partial charge in [-0.1, -0.05) is 18.2 Å². The Labute approximate surface area is 209 Å². The van der Waals surface area contributed by atoms with Gasteiger partial charge in [-0.05, 0) is 67.4 Å². The Morgan fingerprint density at radius 3 is 2.58 bits per heavy atom. The lowest BCUT2D eigenvalue weighted by molar-refractivity contribution is -0.111. The molecular formula is C30H26N2O4. The standard InChI is InChI=1S/C30H26N2O4/c1-18(14-28(33)32-22-9-12-27-21(15-22)6-5-13-31-27)24-16-25-26(20-7-10-23(34-3)11-8-20)17-36-30(25)19(2)29(24)35-4/h5-17H,1-4H3,(H,32,33)/b18-14+. The van der Waals surface area contributed by atoms with E-state index in [1.807, 2.05) is 74.5 Å². The smallest absolute Gasteiger partial charge is 0.248 e. The number of fused-ring (bicyclic) bond motifs is 2. The molecule has 0 saturated carbocycles. The molecule has 3 aromatic carbocycles. The van der Waals surface area contributed by atoms with Crippen molar-refractivity contribution < 1.29 is 18.7 Å². The molecule has 0 bridgehead atoms. The zero-order valence-corrected chi connectivity index (χ0v) is 20.6. The van der Waals surface area contributed by atoms with Gasteiger partial charge in [-0.2, -0.15) is 0 Å². The molecule has 0 atom stereocenters. The summed E-state index contributed by atoms with van der Waals surface area (Å²) in [5.74, 6) is 1.24. The summed E-state index contributed by atoms with van der Waals surface area (Å²) in [5, 5.41) is 4.86. The average Bonchev–Trinajstić information content (AvgIpc) is 3.33. The molecule has 0 aliphatic heterocycles. The first-order valence-corrected chi connectivity index (χ1v) is 11.6. The largest absolute Gasteiger partial charge is 0.497 e. The molecule has 0 unspecified atom stereocenters. The van der Waals surface area contributed by atoms with E-state index in [1.54, 1.807) is 32.8 Å². The number of rotatable bonds is 6. The Kier molecular flexibility index (Phi) is 6.17. The summed E-state index contributed by atoms with van der Waals surface area (Å²) in [6, 6.07) is 19.3. The molecule has 2 aromatic heterocycles. The highest BCUT2D eigenvalue weighted by Crippen LogP contribution is 2.40. The molecule has 1 N–H and O–H groups in total. The van der Waals surface area contributed by atoms with Crippen LogP contribution in [0.15, 0.2) is 83.6 Å². The summed E-state index contributed by atoms with van der Waals surface area (Å²) in [4.78, 5) is 17.2. The Bertz CT molecular complexity index is 1610. The SMILES string of the molecule is COc1ccc(-c2coc3c(C)c(OC)c(/C(C)=C/C(=O)Nc4ccc5ncccc5c4)cc23)cc1. The molecule has 0 aliphatic rings. The van der Waals surface area contributed by atoms with Gasteiger partial charge in [0.1, 0.15) is 17.1 Å². The van der Waals surface area contributed by atoms with Gasteiger partial charge in [0, 0.05) is 45.4 Å². The predicted molar refractivity (Wildman–Crippen MR) is 144 cm³/mol. The van der Waals surface area contributed by atoms with Crippen LogP contribution < -0.4 is 14.8 Å². The van der Waals surface area contributed by atoms with E-state index in [0.29, 0.717) is 11.4 Å². The summed E-state index contributed by atoms with van der Waals surface area (Å²) < 4.78 is 17.0. The van der Waals surface area contributed by atoms with E-state index in [0.717, 1.165) is 55.4 Å². The second kappa shape index (κ2) is 9.58. The molecule has 1 amide bonds. The molecule has 180 valence electrons. The highest BCUT2D eigenvalue weighted by Gasteiger charge is 2.19. The number of ether oxygens (including phenoxy) is 2. The van der Waals surface area contributed by atoms with Gasteiger partial charge in [0.05, 0.1) is 26.0 Å². The first kappa shape index (κ1) is 23.2. The van der Waals surface area contributed by atoms with Crippen LogP contribution in [-0.4, -0.2) is 25.1 Å². The van der Waals surface area contributed by atoms with Gasteiger partial charge in [0.15, 0.2) is 0 Å². The van der Waals surface area contributed by atoms with Crippen LogP contribution in [0, 0.1) is 6.92 Å². The van der Waals surface area contributed by atoms with Crippen molar-refractivity contribution in [2.24, 2.45) is 0 Å². The van der Waals surface area contributed by atoms with Crippen molar-refractivity contribution >= 4 is 39.0 Å². The number of hydrogen-bond donors (Lipinski definition) is 1. The average molecular weight is 479 g/mol. The second-order valence-electron chi connectivity index (χ2n) is 8.56. The van der Waals surface area contributed by atoms with Crippen molar-refractivity contribution in [3.8, 4) is 22.6 Å². The van der Waals surface area contributed by atoms with E-state index in [1.165, 1.54) is 0 Å². The van der Waals surface area contributed by atoms with Gasteiger partial charge in [-0.15, -0.1) is 0 Å². The molecule has 5 aromatic rings. The summed E-state index contributed by atoms with van der Waals surface area (Å²) in [6.45, 7) is 3.86. The number of methoxy groups -OCH3 is 2. The van der Waals surface area contributed by atoms with Gasteiger partial charge in [0.2, 0.25) is 5.91 Å². The molecule has 0 aliphatic carbocycles. The van der Waals surface area contributed by atoms with Crippen LogP contribution in [0.4, 0.5) is 5.69 Å². The third-order valence-electron chi connectivity index (χ3n) is 6.29. The molecule has 36 heavy (non-hydrogen) atoms. The maximum atomic E-state index is 12.9. The van der Waals surface area contributed by atoms with Gasteiger partial charge in [-0.3, -0.25) is 9.78 Å². The van der Waals surface area contributed by atoms with Crippen molar-refractivity contribution in [1.29, 1.82) is 0 Å². The number of aryl methyl sites for hydroxylation is 1. The van der Waals surface area contributed by atoms with Crippen LogP contribution in [0.2, 0.25) is 0 Å². The quantitative estimate of drug-likeness (QED) is 0.266. The Morgan fingerprint density at radius 1 is 1.03 bits per heavy atom. The summed E-state index contributed by atoms with van der Waals surface area (Å²) >= 11 is 0. The van der Waals surface area contributed by atoms with Crippen LogP contribution in [0.5, 0.6) is 11.5 Å². The van der Waals surface area contributed by atoms with Crippen LogP contribution >= 0.6 is 0 Å². The third-order valence-corrected chi connectivity index (χ3v) is 6.29. The zero-order chi connectivity index (χ0) is 25.2. The Morgan fingerprint density at radius 2 is 1.83 bits per heavy atom.